The number of nitrogens with zero attached hydrogens (tertiary/aromatic N) is 3. The Labute approximate surface area is 93.0 Å². The van der Waals surface area contributed by atoms with E-state index in [4.69, 9.17) is 28.3 Å². The van der Waals surface area contributed by atoms with Gasteiger partial charge in [-0.1, -0.05) is 23.2 Å². The molecule has 1 heterocycles. The van der Waals surface area contributed by atoms with Gasteiger partial charge in [0.15, 0.2) is 5.02 Å². The van der Waals surface area contributed by atoms with Crippen LogP contribution in [0.4, 0.5) is 5.82 Å². The van der Waals surface area contributed by atoms with Crippen molar-refractivity contribution < 1.29 is 10.0 Å². The summed E-state index contributed by atoms with van der Waals surface area (Å²) in [5, 5.41) is 21.4. The number of aliphatic hydroxyl groups is 1. The summed E-state index contributed by atoms with van der Waals surface area (Å²) in [6, 6.07) is 0. The number of aromatic nitrogens is 2. The second-order valence-corrected chi connectivity index (χ2v) is 3.22. The van der Waals surface area contributed by atoms with Crippen LogP contribution in [0.15, 0.2) is 4.79 Å². The van der Waals surface area contributed by atoms with Crippen LogP contribution in [-0.4, -0.2) is 26.4 Å². The van der Waals surface area contributed by atoms with Crippen molar-refractivity contribution in [3.63, 3.8) is 0 Å². The van der Waals surface area contributed by atoms with Gasteiger partial charge in [0, 0.05) is 0 Å². The van der Waals surface area contributed by atoms with Gasteiger partial charge in [0.1, 0.15) is 5.02 Å². The Bertz CT molecular complexity index is 458. The van der Waals surface area contributed by atoms with Crippen LogP contribution in [0.5, 0.6) is 0 Å². The van der Waals surface area contributed by atoms with E-state index in [1.54, 1.807) is 0 Å². The predicted molar refractivity (Wildman–Crippen MR) is 52.3 cm³/mol. The Hall–Kier alpha value is -1.18. The van der Waals surface area contributed by atoms with Crippen molar-refractivity contribution in [3.8, 4) is 0 Å². The van der Waals surface area contributed by atoms with Crippen molar-refractivity contribution in [3.05, 3.63) is 30.5 Å². The molecule has 0 radical (unpaired) electrons. The summed E-state index contributed by atoms with van der Waals surface area (Å²) in [5.74, 6) is -0.713. The van der Waals surface area contributed by atoms with Gasteiger partial charge in [-0.05, 0) is 4.92 Å². The van der Waals surface area contributed by atoms with E-state index in [9.17, 15) is 14.9 Å². The fraction of sp³-hybridized carbons (Fsp3) is 0.333. The highest BCUT2D eigenvalue weighted by Gasteiger charge is 2.23. The first-order chi connectivity index (χ1) is 6.99. The minimum absolute atomic E-state index is 0.184. The Morgan fingerprint density at radius 3 is 2.53 bits per heavy atom. The van der Waals surface area contributed by atoms with Crippen LogP contribution >= 0.6 is 23.2 Å². The molecule has 0 spiro atoms. The van der Waals surface area contributed by atoms with E-state index < -0.39 is 26.3 Å². The van der Waals surface area contributed by atoms with Gasteiger partial charge < -0.3 is 15.2 Å². The number of nitro groups is 1. The summed E-state index contributed by atoms with van der Waals surface area (Å²) >= 11 is 10.9. The molecule has 0 saturated heterocycles. The average molecular weight is 254 g/mol. The zero-order valence-electron chi connectivity index (χ0n) is 7.18. The summed E-state index contributed by atoms with van der Waals surface area (Å²) in [6.07, 6.45) is 0. The molecule has 0 saturated carbocycles. The molecule has 1 N–H and O–H groups in total. The maximum atomic E-state index is 11.3. The van der Waals surface area contributed by atoms with Gasteiger partial charge in [0.05, 0.1) is 18.3 Å². The van der Waals surface area contributed by atoms with E-state index in [-0.39, 0.29) is 13.2 Å². The molecule has 0 amide bonds. The third-order valence-electron chi connectivity index (χ3n) is 1.51. The van der Waals surface area contributed by atoms with Crippen molar-refractivity contribution in [2.24, 2.45) is 0 Å². The zero-order chi connectivity index (χ0) is 11.6. The number of hydrogen-bond acceptors (Lipinski definition) is 5. The first-order valence-electron chi connectivity index (χ1n) is 3.70. The van der Waals surface area contributed by atoms with Crippen LogP contribution in [0, 0.1) is 10.1 Å². The molecule has 15 heavy (non-hydrogen) atoms. The van der Waals surface area contributed by atoms with Crippen LogP contribution in [0.1, 0.15) is 0 Å². The van der Waals surface area contributed by atoms with Crippen molar-refractivity contribution in [1.82, 2.24) is 9.78 Å². The lowest BCUT2D eigenvalue weighted by molar-refractivity contribution is -0.390. The van der Waals surface area contributed by atoms with E-state index in [0.29, 0.717) is 4.68 Å². The number of aliphatic hydroxyl groups excluding tert-OH is 1. The van der Waals surface area contributed by atoms with Crippen molar-refractivity contribution in [2.45, 2.75) is 6.54 Å². The molecular weight excluding hydrogens is 249 g/mol. The summed E-state index contributed by atoms with van der Waals surface area (Å²) in [5.41, 5.74) is -0.777. The summed E-state index contributed by atoms with van der Waals surface area (Å²) in [4.78, 5) is 20.9. The lowest BCUT2D eigenvalue weighted by Crippen LogP contribution is -2.26. The number of halogens is 2. The summed E-state index contributed by atoms with van der Waals surface area (Å²) in [6.45, 7) is -0.571. The third-order valence-corrected chi connectivity index (χ3v) is 2.32. The monoisotopic (exact) mass is 253 g/mol. The first kappa shape index (κ1) is 11.9. The zero-order valence-corrected chi connectivity index (χ0v) is 8.70. The van der Waals surface area contributed by atoms with Crippen molar-refractivity contribution in [1.29, 1.82) is 0 Å². The van der Waals surface area contributed by atoms with E-state index in [2.05, 4.69) is 5.10 Å². The second-order valence-electron chi connectivity index (χ2n) is 2.46. The van der Waals surface area contributed by atoms with Crippen LogP contribution in [0.3, 0.4) is 0 Å². The molecular formula is C6H5Cl2N3O4. The van der Waals surface area contributed by atoms with Crippen LogP contribution in [0.2, 0.25) is 10.0 Å². The van der Waals surface area contributed by atoms with Crippen LogP contribution in [0.25, 0.3) is 0 Å². The molecule has 0 unspecified atom stereocenters. The smallest absolute Gasteiger partial charge is 0.394 e. The number of hydrogen-bond donors (Lipinski definition) is 1. The average Bonchev–Trinajstić information content (AvgIpc) is 2.18. The van der Waals surface area contributed by atoms with E-state index in [1.807, 2.05) is 0 Å². The molecule has 0 aliphatic heterocycles. The normalized spacial score (nSPS) is 10.3. The van der Waals surface area contributed by atoms with Gasteiger partial charge in [-0.2, -0.15) is 0 Å². The standard InChI is InChI=1S/C6H5Cl2N3O4/c7-3-4(8)6(13)10(1-2-12)9-5(3)11(14)15/h12H,1-2H2. The minimum atomic E-state index is -0.860. The van der Waals surface area contributed by atoms with Crippen molar-refractivity contribution >= 4 is 29.0 Å². The lowest BCUT2D eigenvalue weighted by atomic mass is 10.5. The maximum Gasteiger partial charge on any atom is 0.408 e. The molecule has 9 heteroatoms. The van der Waals surface area contributed by atoms with E-state index in [1.165, 1.54) is 0 Å². The maximum absolute atomic E-state index is 11.3. The van der Waals surface area contributed by atoms with Gasteiger partial charge in [0.25, 0.3) is 0 Å². The van der Waals surface area contributed by atoms with E-state index >= 15 is 0 Å². The highest BCUT2D eigenvalue weighted by atomic mass is 35.5. The third kappa shape index (κ3) is 2.25. The molecule has 1 rings (SSSR count). The van der Waals surface area contributed by atoms with E-state index in [0.717, 1.165) is 0 Å². The molecule has 1 aromatic rings. The minimum Gasteiger partial charge on any atom is -0.394 e. The molecule has 0 bridgehead atoms. The number of rotatable bonds is 3. The SMILES string of the molecule is O=c1c(Cl)c(Cl)c([N+](=O)[O-])nn1CCO. The molecule has 0 atom stereocenters. The fourth-order valence-corrected chi connectivity index (χ4v) is 1.24. The van der Waals surface area contributed by atoms with Crippen molar-refractivity contribution in [2.75, 3.05) is 6.61 Å². The van der Waals surface area contributed by atoms with Gasteiger partial charge in [-0.25, -0.2) is 0 Å². The quantitative estimate of drug-likeness (QED) is 0.623. The Balaban J connectivity index is 3.45. The van der Waals surface area contributed by atoms with Crippen LogP contribution < -0.4 is 5.56 Å². The summed E-state index contributed by atoms with van der Waals surface area (Å²) in [7, 11) is 0. The Kier molecular flexibility index (Phi) is 3.61. The highest BCUT2D eigenvalue weighted by molar-refractivity contribution is 6.42. The Morgan fingerprint density at radius 1 is 1.47 bits per heavy atom. The molecule has 82 valence electrons. The second kappa shape index (κ2) is 4.56. The molecule has 0 fully saturated rings. The van der Waals surface area contributed by atoms with Gasteiger partial charge >= 0.3 is 11.4 Å². The molecule has 0 aromatic carbocycles. The summed E-state index contributed by atoms with van der Waals surface area (Å²) < 4.78 is 0.687. The molecule has 0 aliphatic carbocycles. The largest absolute Gasteiger partial charge is 0.408 e. The Morgan fingerprint density at radius 2 is 2.07 bits per heavy atom. The first-order valence-corrected chi connectivity index (χ1v) is 4.46. The van der Waals surface area contributed by atoms with Gasteiger partial charge in [0.2, 0.25) is 0 Å². The van der Waals surface area contributed by atoms with Gasteiger partial charge in [-0.3, -0.25) is 4.79 Å². The highest BCUT2D eigenvalue weighted by Crippen LogP contribution is 2.25. The predicted octanol–water partition coefficient (Wildman–Crippen LogP) is 0.451. The lowest BCUT2D eigenvalue weighted by Gasteiger charge is -2.00. The molecule has 1 aromatic heterocycles. The topological polar surface area (TPSA) is 98.3 Å². The molecule has 0 aliphatic rings. The fourth-order valence-electron chi connectivity index (χ4n) is 0.872. The van der Waals surface area contributed by atoms with Crippen LogP contribution in [-0.2, 0) is 6.54 Å². The molecule has 7 nitrogen and oxygen atoms in total. The van der Waals surface area contributed by atoms with Gasteiger partial charge in [-0.15, -0.1) is 4.68 Å².